The van der Waals surface area contributed by atoms with Gasteiger partial charge < -0.3 is 4.74 Å². The van der Waals surface area contributed by atoms with Gasteiger partial charge in [0.05, 0.1) is 18.0 Å². The Morgan fingerprint density at radius 1 is 1.15 bits per heavy atom. The van der Waals surface area contributed by atoms with Crippen LogP contribution in [0.1, 0.15) is 39.5 Å². The fraction of sp³-hybridized carbons (Fsp3) is 0.667. The second kappa shape index (κ2) is 7.97. The monoisotopic (exact) mass is 416 g/mol. The molecular formula is C18H28N2O5S2. The molecule has 0 saturated carbocycles. The van der Waals surface area contributed by atoms with Crippen molar-refractivity contribution >= 4 is 25.7 Å². The molecule has 0 radical (unpaired) electrons. The molecule has 3 rings (SSSR count). The summed E-state index contributed by atoms with van der Waals surface area (Å²) in [5.74, 6) is 0.869. The zero-order valence-electron chi connectivity index (χ0n) is 15.9. The molecule has 0 amide bonds. The molecule has 2 saturated heterocycles. The predicted molar refractivity (Wildman–Crippen MR) is 105 cm³/mol. The summed E-state index contributed by atoms with van der Waals surface area (Å²) >= 11 is 0. The van der Waals surface area contributed by atoms with Crippen LogP contribution in [0.3, 0.4) is 0 Å². The maximum absolute atomic E-state index is 13.3. The van der Waals surface area contributed by atoms with Crippen LogP contribution in [0.15, 0.2) is 23.1 Å². The Bertz CT molecular complexity index is 875. The Kier molecular flexibility index (Phi) is 6.02. The molecule has 2 heterocycles. The van der Waals surface area contributed by atoms with Gasteiger partial charge in [0, 0.05) is 19.6 Å². The van der Waals surface area contributed by atoms with Crippen LogP contribution in [-0.4, -0.2) is 53.1 Å². The van der Waals surface area contributed by atoms with E-state index in [0.29, 0.717) is 44.3 Å². The molecule has 2 aliphatic heterocycles. The molecule has 1 aromatic rings. The fourth-order valence-electron chi connectivity index (χ4n) is 3.57. The first-order valence-electron chi connectivity index (χ1n) is 9.53. The number of sulfonamides is 2. The smallest absolute Gasteiger partial charge is 0.246 e. The van der Waals surface area contributed by atoms with Gasteiger partial charge in [-0.05, 0) is 56.7 Å². The van der Waals surface area contributed by atoms with Gasteiger partial charge in [-0.1, -0.05) is 6.92 Å². The van der Waals surface area contributed by atoms with Crippen molar-refractivity contribution in [2.24, 2.45) is 5.92 Å². The molecule has 27 heavy (non-hydrogen) atoms. The van der Waals surface area contributed by atoms with Crippen LogP contribution in [-0.2, 0) is 20.0 Å². The highest BCUT2D eigenvalue weighted by atomic mass is 32.2. The van der Waals surface area contributed by atoms with Crippen molar-refractivity contribution in [1.82, 2.24) is 4.31 Å². The van der Waals surface area contributed by atoms with E-state index in [0.717, 1.165) is 19.3 Å². The summed E-state index contributed by atoms with van der Waals surface area (Å²) in [5, 5.41) is 0. The minimum atomic E-state index is -3.75. The van der Waals surface area contributed by atoms with Gasteiger partial charge in [-0.15, -0.1) is 0 Å². The minimum absolute atomic E-state index is 0.0529. The highest BCUT2D eigenvalue weighted by Gasteiger charge is 2.33. The van der Waals surface area contributed by atoms with E-state index in [-0.39, 0.29) is 16.4 Å². The van der Waals surface area contributed by atoms with Gasteiger partial charge in [-0.25, -0.2) is 16.8 Å². The first-order chi connectivity index (χ1) is 12.8. The van der Waals surface area contributed by atoms with E-state index in [9.17, 15) is 16.8 Å². The third-order valence-corrected chi connectivity index (χ3v) is 9.01. The maximum atomic E-state index is 13.3. The predicted octanol–water partition coefficient (Wildman–Crippen LogP) is 2.44. The van der Waals surface area contributed by atoms with Gasteiger partial charge in [-0.2, -0.15) is 4.31 Å². The number of rotatable bonds is 5. The van der Waals surface area contributed by atoms with E-state index < -0.39 is 20.0 Å². The van der Waals surface area contributed by atoms with Gasteiger partial charge >= 0.3 is 0 Å². The number of piperidine rings is 1. The molecular weight excluding hydrogens is 388 g/mol. The largest absolute Gasteiger partial charge is 0.492 e. The summed E-state index contributed by atoms with van der Waals surface area (Å²) in [4.78, 5) is 0.0529. The van der Waals surface area contributed by atoms with Crippen LogP contribution < -0.4 is 9.04 Å². The van der Waals surface area contributed by atoms with Crippen molar-refractivity contribution in [3.8, 4) is 5.75 Å². The molecule has 0 aromatic heterocycles. The number of benzene rings is 1. The molecule has 2 aliphatic rings. The topological polar surface area (TPSA) is 84.0 Å². The standard InChI is InChI=1S/C18H28N2O5S2/c1-3-25-17-7-6-16(20-10-4-5-13-26(20,21)22)14-18(17)27(23,24)19-11-8-15(2)9-12-19/h6-7,14-15H,3-5,8-13H2,1-2H3. The Morgan fingerprint density at radius 3 is 2.48 bits per heavy atom. The van der Waals surface area contributed by atoms with Crippen molar-refractivity contribution in [1.29, 1.82) is 0 Å². The first kappa shape index (κ1) is 20.4. The van der Waals surface area contributed by atoms with Crippen molar-refractivity contribution in [3.63, 3.8) is 0 Å². The summed E-state index contributed by atoms with van der Waals surface area (Å²) < 4.78 is 59.7. The van der Waals surface area contributed by atoms with Gasteiger partial charge in [-0.3, -0.25) is 4.31 Å². The first-order valence-corrected chi connectivity index (χ1v) is 12.6. The molecule has 0 atom stereocenters. The summed E-state index contributed by atoms with van der Waals surface area (Å²) in [7, 11) is -7.16. The molecule has 0 bridgehead atoms. The summed E-state index contributed by atoms with van der Waals surface area (Å²) in [6.45, 7) is 5.57. The maximum Gasteiger partial charge on any atom is 0.246 e. The Labute approximate surface area is 162 Å². The molecule has 0 N–H and O–H groups in total. The average molecular weight is 417 g/mol. The van der Waals surface area contributed by atoms with Crippen LogP contribution in [0.5, 0.6) is 5.75 Å². The summed E-state index contributed by atoms with van der Waals surface area (Å²) in [6.07, 6.45) is 3.04. The lowest BCUT2D eigenvalue weighted by atomic mass is 10.0. The van der Waals surface area contributed by atoms with E-state index >= 15 is 0 Å². The van der Waals surface area contributed by atoms with Crippen molar-refractivity contribution in [3.05, 3.63) is 18.2 Å². The van der Waals surface area contributed by atoms with Crippen LogP contribution >= 0.6 is 0 Å². The summed E-state index contributed by atoms with van der Waals surface area (Å²) in [6, 6.07) is 4.66. The van der Waals surface area contributed by atoms with Crippen molar-refractivity contribution in [2.75, 3.05) is 36.3 Å². The normalized spacial score (nSPS) is 21.9. The molecule has 0 unspecified atom stereocenters. The minimum Gasteiger partial charge on any atom is -0.492 e. The highest BCUT2D eigenvalue weighted by molar-refractivity contribution is 7.92. The van der Waals surface area contributed by atoms with E-state index in [1.54, 1.807) is 19.1 Å². The number of nitrogens with zero attached hydrogens (tertiary/aromatic N) is 2. The average Bonchev–Trinajstić information content (AvgIpc) is 2.62. The Hall–Kier alpha value is -1.32. The van der Waals surface area contributed by atoms with Gasteiger partial charge in [0.1, 0.15) is 10.6 Å². The SMILES string of the molecule is CCOc1ccc(N2CCCCS2(=O)=O)cc1S(=O)(=O)N1CCC(C)CC1. The van der Waals surface area contributed by atoms with Gasteiger partial charge in [0.15, 0.2) is 0 Å². The van der Waals surface area contributed by atoms with Crippen LogP contribution in [0.25, 0.3) is 0 Å². The molecule has 0 aliphatic carbocycles. The third kappa shape index (κ3) is 4.25. The lowest BCUT2D eigenvalue weighted by molar-refractivity contribution is 0.285. The zero-order chi connectivity index (χ0) is 19.7. The van der Waals surface area contributed by atoms with Crippen LogP contribution in [0, 0.1) is 5.92 Å². The molecule has 9 heteroatoms. The molecule has 1 aromatic carbocycles. The van der Waals surface area contributed by atoms with Gasteiger partial charge in [0.2, 0.25) is 20.0 Å². The van der Waals surface area contributed by atoms with Crippen molar-refractivity contribution < 1.29 is 21.6 Å². The molecule has 7 nitrogen and oxygen atoms in total. The summed E-state index contributed by atoms with van der Waals surface area (Å²) in [5.41, 5.74) is 0.391. The molecule has 152 valence electrons. The molecule has 0 spiro atoms. The highest BCUT2D eigenvalue weighted by Crippen LogP contribution is 2.34. The van der Waals surface area contributed by atoms with Crippen molar-refractivity contribution in [2.45, 2.75) is 44.4 Å². The van der Waals surface area contributed by atoms with E-state index in [1.165, 1.54) is 14.7 Å². The zero-order valence-corrected chi connectivity index (χ0v) is 17.6. The Morgan fingerprint density at radius 2 is 1.85 bits per heavy atom. The lowest BCUT2D eigenvalue weighted by Crippen LogP contribution is -2.39. The third-order valence-electron chi connectivity index (χ3n) is 5.22. The second-order valence-corrected chi connectivity index (χ2v) is 11.2. The number of hydrogen-bond donors (Lipinski definition) is 0. The number of anilines is 1. The fourth-order valence-corrected chi connectivity index (χ4v) is 6.82. The molecule has 2 fully saturated rings. The lowest BCUT2D eigenvalue weighted by Gasteiger charge is -2.31. The number of ether oxygens (including phenoxy) is 1. The van der Waals surface area contributed by atoms with E-state index in [1.807, 2.05) is 0 Å². The van der Waals surface area contributed by atoms with E-state index in [2.05, 4.69) is 6.92 Å². The second-order valence-electron chi connectivity index (χ2n) is 7.25. The van der Waals surface area contributed by atoms with Crippen LogP contribution in [0.2, 0.25) is 0 Å². The van der Waals surface area contributed by atoms with E-state index in [4.69, 9.17) is 4.74 Å². The quantitative estimate of drug-likeness (QED) is 0.736. The van der Waals surface area contributed by atoms with Crippen LogP contribution in [0.4, 0.5) is 5.69 Å². The Balaban J connectivity index is 2.02. The number of hydrogen-bond acceptors (Lipinski definition) is 5. The van der Waals surface area contributed by atoms with Gasteiger partial charge in [0.25, 0.3) is 0 Å².